The first-order chi connectivity index (χ1) is 8.15. The van der Waals surface area contributed by atoms with Gasteiger partial charge in [0.15, 0.2) is 0 Å². The molecule has 116 valence electrons. The molecule has 0 radical (unpaired) electrons. The van der Waals surface area contributed by atoms with Gasteiger partial charge in [0, 0.05) is 25.7 Å². The Labute approximate surface area is 129 Å². The molecule has 1 rings (SSSR count). The van der Waals surface area contributed by atoms with E-state index in [-0.39, 0.29) is 36.6 Å². The number of likely N-dealkylation sites (N-methyl/N-ethyl adjacent to an activating group) is 1. The van der Waals surface area contributed by atoms with E-state index in [1.54, 1.807) is 0 Å². The van der Waals surface area contributed by atoms with Crippen molar-refractivity contribution < 1.29 is 4.79 Å². The van der Waals surface area contributed by atoms with E-state index in [1.165, 1.54) is 0 Å². The minimum Gasteiger partial charge on any atom is -0.355 e. The summed E-state index contributed by atoms with van der Waals surface area (Å²) in [7, 11) is 2.11. The number of nitrogens with zero attached hydrogens (tertiary/aromatic N) is 1. The van der Waals surface area contributed by atoms with Crippen LogP contribution in [-0.4, -0.2) is 50.1 Å². The van der Waals surface area contributed by atoms with Crippen molar-refractivity contribution in [2.45, 2.75) is 39.2 Å². The first kappa shape index (κ1) is 21.3. The van der Waals surface area contributed by atoms with Crippen LogP contribution in [0.1, 0.15) is 33.1 Å². The Bertz CT molecular complexity index is 236. The molecule has 1 saturated heterocycles. The number of halogens is 2. The van der Waals surface area contributed by atoms with Gasteiger partial charge in [-0.3, -0.25) is 4.79 Å². The van der Waals surface area contributed by atoms with Crippen molar-refractivity contribution in [2.75, 3.05) is 33.2 Å². The molecule has 1 aliphatic rings. The Hall–Kier alpha value is -0.0300. The van der Waals surface area contributed by atoms with E-state index in [9.17, 15) is 4.79 Å². The molecular weight excluding hydrogens is 285 g/mol. The Kier molecular flexibility index (Phi) is 13.2. The SMILES string of the molecule is CCC(C)N(C)CCNC(=O)[C@@H]1CCCNC1.Cl.Cl. The summed E-state index contributed by atoms with van der Waals surface area (Å²) >= 11 is 0. The summed E-state index contributed by atoms with van der Waals surface area (Å²) in [6.07, 6.45) is 3.29. The van der Waals surface area contributed by atoms with Crippen LogP contribution in [0, 0.1) is 5.92 Å². The predicted octanol–water partition coefficient (Wildman–Crippen LogP) is 1.68. The van der Waals surface area contributed by atoms with E-state index in [0.717, 1.165) is 45.4 Å². The highest BCUT2D eigenvalue weighted by Gasteiger charge is 2.20. The van der Waals surface area contributed by atoms with Gasteiger partial charge in [-0.2, -0.15) is 0 Å². The molecule has 2 N–H and O–H groups in total. The van der Waals surface area contributed by atoms with Crippen LogP contribution in [0.4, 0.5) is 0 Å². The highest BCUT2D eigenvalue weighted by Crippen LogP contribution is 2.09. The zero-order chi connectivity index (χ0) is 12.7. The van der Waals surface area contributed by atoms with Crippen molar-refractivity contribution in [3.63, 3.8) is 0 Å². The molecule has 0 spiro atoms. The summed E-state index contributed by atoms with van der Waals surface area (Å²) in [6, 6.07) is 0.586. The quantitative estimate of drug-likeness (QED) is 0.784. The maximum atomic E-state index is 11.8. The lowest BCUT2D eigenvalue weighted by Crippen LogP contribution is -2.43. The molecule has 1 unspecified atom stereocenters. The van der Waals surface area contributed by atoms with Crippen LogP contribution in [0.2, 0.25) is 0 Å². The van der Waals surface area contributed by atoms with E-state index >= 15 is 0 Å². The minimum atomic E-state index is 0. The normalized spacial score (nSPS) is 20.1. The Morgan fingerprint density at radius 3 is 2.68 bits per heavy atom. The fourth-order valence-electron chi connectivity index (χ4n) is 2.11. The largest absolute Gasteiger partial charge is 0.355 e. The number of hydrogen-bond acceptors (Lipinski definition) is 3. The van der Waals surface area contributed by atoms with Crippen LogP contribution < -0.4 is 10.6 Å². The third-order valence-electron chi connectivity index (χ3n) is 3.77. The highest BCUT2D eigenvalue weighted by atomic mass is 35.5. The number of carbonyl (C=O) groups excluding carboxylic acids is 1. The van der Waals surface area contributed by atoms with Crippen molar-refractivity contribution in [1.82, 2.24) is 15.5 Å². The second-order valence-electron chi connectivity index (χ2n) is 5.07. The van der Waals surface area contributed by atoms with Gasteiger partial charge < -0.3 is 15.5 Å². The van der Waals surface area contributed by atoms with Gasteiger partial charge in [0.05, 0.1) is 5.92 Å². The lowest BCUT2D eigenvalue weighted by atomic mass is 9.99. The molecule has 0 aromatic carbocycles. The predicted molar refractivity (Wildman–Crippen MR) is 85.5 cm³/mol. The molecule has 6 heteroatoms. The summed E-state index contributed by atoms with van der Waals surface area (Å²) in [4.78, 5) is 14.1. The van der Waals surface area contributed by atoms with E-state index in [1.807, 2.05) is 0 Å². The monoisotopic (exact) mass is 313 g/mol. The summed E-state index contributed by atoms with van der Waals surface area (Å²) in [5.41, 5.74) is 0. The number of nitrogens with one attached hydrogen (secondary N) is 2. The van der Waals surface area contributed by atoms with Crippen molar-refractivity contribution >= 4 is 30.7 Å². The fraction of sp³-hybridized carbons (Fsp3) is 0.923. The van der Waals surface area contributed by atoms with Gasteiger partial charge >= 0.3 is 0 Å². The summed E-state index contributed by atoms with van der Waals surface area (Å²) in [5, 5.41) is 6.31. The average Bonchev–Trinajstić information content (AvgIpc) is 2.38. The highest BCUT2D eigenvalue weighted by molar-refractivity contribution is 5.85. The summed E-state index contributed by atoms with van der Waals surface area (Å²) in [5.74, 6) is 0.396. The van der Waals surface area contributed by atoms with Crippen LogP contribution in [0.5, 0.6) is 0 Å². The van der Waals surface area contributed by atoms with Crippen LogP contribution in [-0.2, 0) is 4.79 Å². The van der Waals surface area contributed by atoms with E-state index < -0.39 is 0 Å². The van der Waals surface area contributed by atoms with Crippen LogP contribution in [0.25, 0.3) is 0 Å². The second-order valence-corrected chi connectivity index (χ2v) is 5.07. The van der Waals surface area contributed by atoms with E-state index in [4.69, 9.17) is 0 Å². The third-order valence-corrected chi connectivity index (χ3v) is 3.77. The molecule has 2 atom stereocenters. The fourth-order valence-corrected chi connectivity index (χ4v) is 2.11. The lowest BCUT2D eigenvalue weighted by molar-refractivity contribution is -0.125. The minimum absolute atomic E-state index is 0. The molecule has 4 nitrogen and oxygen atoms in total. The average molecular weight is 314 g/mol. The first-order valence-electron chi connectivity index (χ1n) is 6.83. The van der Waals surface area contributed by atoms with Crippen molar-refractivity contribution in [3.8, 4) is 0 Å². The van der Waals surface area contributed by atoms with Crippen LogP contribution >= 0.6 is 24.8 Å². The Balaban J connectivity index is 0. The maximum absolute atomic E-state index is 11.8. The van der Waals surface area contributed by atoms with Crippen molar-refractivity contribution in [2.24, 2.45) is 5.92 Å². The topological polar surface area (TPSA) is 44.4 Å². The molecule has 1 amide bonds. The first-order valence-corrected chi connectivity index (χ1v) is 6.83. The number of rotatable bonds is 6. The Morgan fingerprint density at radius 2 is 2.16 bits per heavy atom. The molecule has 1 heterocycles. The summed E-state index contributed by atoms with van der Waals surface area (Å²) in [6.45, 7) is 7.99. The molecule has 0 bridgehead atoms. The maximum Gasteiger partial charge on any atom is 0.224 e. The smallest absolute Gasteiger partial charge is 0.224 e. The van der Waals surface area contributed by atoms with Gasteiger partial charge in [-0.15, -0.1) is 24.8 Å². The van der Waals surface area contributed by atoms with Gasteiger partial charge in [0.1, 0.15) is 0 Å². The third kappa shape index (κ3) is 7.98. The number of hydrogen-bond donors (Lipinski definition) is 2. The molecule has 0 saturated carbocycles. The van der Waals surface area contributed by atoms with E-state index in [0.29, 0.717) is 6.04 Å². The molecule has 19 heavy (non-hydrogen) atoms. The molecule has 1 aliphatic heterocycles. The lowest BCUT2D eigenvalue weighted by Gasteiger charge is -2.25. The van der Waals surface area contributed by atoms with Gasteiger partial charge in [0.2, 0.25) is 5.91 Å². The Morgan fingerprint density at radius 1 is 1.47 bits per heavy atom. The molecule has 0 aliphatic carbocycles. The number of amides is 1. The van der Waals surface area contributed by atoms with E-state index in [2.05, 4.69) is 36.4 Å². The van der Waals surface area contributed by atoms with Crippen LogP contribution in [0.15, 0.2) is 0 Å². The molecule has 0 aromatic rings. The zero-order valence-corrected chi connectivity index (χ0v) is 13.9. The summed E-state index contributed by atoms with van der Waals surface area (Å²) < 4.78 is 0. The van der Waals surface area contributed by atoms with Gasteiger partial charge in [-0.1, -0.05) is 6.92 Å². The molecule has 1 fully saturated rings. The van der Waals surface area contributed by atoms with Crippen LogP contribution in [0.3, 0.4) is 0 Å². The number of carbonyl (C=O) groups is 1. The molecular formula is C13H29Cl2N3O. The standard InChI is InChI=1S/C13H27N3O.2ClH/c1-4-11(2)16(3)9-8-15-13(17)12-6-5-7-14-10-12;;/h11-12,14H,4-10H2,1-3H3,(H,15,17);2*1H/t11?,12-;;/m1../s1. The van der Waals surface area contributed by atoms with Gasteiger partial charge in [0.25, 0.3) is 0 Å². The van der Waals surface area contributed by atoms with Gasteiger partial charge in [-0.05, 0) is 39.8 Å². The number of piperidine rings is 1. The zero-order valence-electron chi connectivity index (χ0n) is 12.3. The second kappa shape index (κ2) is 11.8. The van der Waals surface area contributed by atoms with Crippen molar-refractivity contribution in [3.05, 3.63) is 0 Å². The van der Waals surface area contributed by atoms with Gasteiger partial charge in [-0.25, -0.2) is 0 Å². The molecule has 0 aromatic heterocycles. The van der Waals surface area contributed by atoms with Crippen molar-refractivity contribution in [1.29, 1.82) is 0 Å².